The number of carboxylic acids is 1. The maximum atomic E-state index is 12.6. The maximum absolute atomic E-state index is 12.6. The van der Waals surface area contributed by atoms with E-state index in [2.05, 4.69) is 32.3 Å². The molecule has 1 heterocycles. The second kappa shape index (κ2) is 9.15. The third-order valence-electron chi connectivity index (χ3n) is 4.68. The van der Waals surface area contributed by atoms with Gasteiger partial charge in [-0.05, 0) is 40.1 Å². The Morgan fingerprint density at radius 1 is 1.09 bits per heavy atom. The molecule has 0 aliphatic carbocycles. The number of nitrogens with zero attached hydrogens (tertiary/aromatic N) is 3. The van der Waals surface area contributed by atoms with E-state index in [-0.39, 0.29) is 6.42 Å². The Kier molecular flexibility index (Phi) is 6.13. The molecule has 32 heavy (non-hydrogen) atoms. The fraction of sp³-hybridized carbons (Fsp3) is 0.136. The number of hydrogen-bond donors (Lipinski definition) is 3. The minimum Gasteiger partial charge on any atom is -0.480 e. The van der Waals surface area contributed by atoms with Gasteiger partial charge in [-0.25, -0.2) is 0 Å². The van der Waals surface area contributed by atoms with Crippen LogP contribution in [0, 0.1) is 11.8 Å². The van der Waals surface area contributed by atoms with Crippen molar-refractivity contribution in [1.29, 1.82) is 0 Å². The topological polar surface area (TPSA) is 123 Å². The van der Waals surface area contributed by atoms with Gasteiger partial charge in [-0.15, -0.1) is 5.11 Å². The van der Waals surface area contributed by atoms with Gasteiger partial charge in [0.25, 0.3) is 0 Å². The SMILES string of the molecule is O=C(O)C(Cc1ccccc1)NS(=O)(=O)N1N=NC(C#Cc2ccc3ccccc3c2)N1. The van der Waals surface area contributed by atoms with Crippen molar-refractivity contribution >= 4 is 27.0 Å². The standard InChI is InChI=1S/C22H19N5O4S/c28-22(29)20(15-16-6-2-1-3-7-16)25-32(30,31)27-24-21(23-26-27)13-11-17-10-12-18-8-4-5-9-19(18)14-17/h1-10,12,14,20-21,24-25H,15H2,(H,28,29). The molecule has 0 radical (unpaired) electrons. The number of nitrogens with one attached hydrogen (secondary N) is 2. The van der Waals surface area contributed by atoms with Gasteiger partial charge in [0.1, 0.15) is 6.04 Å². The first-order valence-corrected chi connectivity index (χ1v) is 11.1. The van der Waals surface area contributed by atoms with Crippen LogP contribution in [0.5, 0.6) is 0 Å². The number of benzene rings is 3. The summed E-state index contributed by atoms with van der Waals surface area (Å²) in [6.07, 6.45) is -0.915. The minimum atomic E-state index is -4.31. The Bertz CT molecular complexity index is 1330. The van der Waals surface area contributed by atoms with Crippen LogP contribution in [0.1, 0.15) is 11.1 Å². The van der Waals surface area contributed by atoms with Gasteiger partial charge in [0.2, 0.25) is 6.17 Å². The van der Waals surface area contributed by atoms with Crippen LogP contribution in [0.2, 0.25) is 0 Å². The van der Waals surface area contributed by atoms with Gasteiger partial charge < -0.3 is 5.11 Å². The quantitative estimate of drug-likeness (QED) is 0.498. The van der Waals surface area contributed by atoms with E-state index in [1.54, 1.807) is 30.3 Å². The highest BCUT2D eigenvalue weighted by Crippen LogP contribution is 2.15. The molecule has 0 fully saturated rings. The molecule has 3 aromatic carbocycles. The number of fused-ring (bicyclic) bond motifs is 1. The largest absolute Gasteiger partial charge is 0.480 e. The van der Waals surface area contributed by atoms with E-state index < -0.39 is 28.4 Å². The van der Waals surface area contributed by atoms with Crippen molar-refractivity contribution < 1.29 is 18.3 Å². The minimum absolute atomic E-state index is 0.0222. The zero-order valence-corrected chi connectivity index (χ0v) is 17.5. The zero-order chi connectivity index (χ0) is 22.6. The number of hydrazine groups is 1. The first kappa shape index (κ1) is 21.5. The van der Waals surface area contributed by atoms with Crippen LogP contribution in [0.3, 0.4) is 0 Å². The molecule has 0 saturated carbocycles. The first-order chi connectivity index (χ1) is 15.4. The molecule has 0 spiro atoms. The van der Waals surface area contributed by atoms with E-state index in [1.807, 2.05) is 42.5 Å². The molecular formula is C22H19N5O4S. The average molecular weight is 449 g/mol. The van der Waals surface area contributed by atoms with Crippen LogP contribution in [0.4, 0.5) is 0 Å². The van der Waals surface area contributed by atoms with E-state index in [4.69, 9.17) is 0 Å². The molecule has 3 N–H and O–H groups in total. The lowest BCUT2D eigenvalue weighted by Crippen LogP contribution is -2.51. The smallest absolute Gasteiger partial charge is 0.332 e. The molecule has 0 saturated heterocycles. The van der Waals surface area contributed by atoms with Gasteiger partial charge in [0, 0.05) is 5.56 Å². The summed E-state index contributed by atoms with van der Waals surface area (Å²) in [4.78, 5) is 11.6. The molecule has 0 bridgehead atoms. The van der Waals surface area contributed by atoms with Crippen molar-refractivity contribution in [3.8, 4) is 11.8 Å². The summed E-state index contributed by atoms with van der Waals surface area (Å²) in [5.74, 6) is 4.44. The van der Waals surface area contributed by atoms with Crippen LogP contribution in [0.25, 0.3) is 10.8 Å². The lowest BCUT2D eigenvalue weighted by Gasteiger charge is -2.18. The first-order valence-electron chi connectivity index (χ1n) is 9.67. The molecule has 9 nitrogen and oxygen atoms in total. The Labute approximate surface area is 184 Å². The molecular weight excluding hydrogens is 430 g/mol. The Morgan fingerprint density at radius 2 is 1.81 bits per heavy atom. The Morgan fingerprint density at radius 3 is 2.56 bits per heavy atom. The molecule has 1 aliphatic heterocycles. The van der Waals surface area contributed by atoms with Gasteiger partial charge in [-0.2, -0.15) is 18.6 Å². The predicted molar refractivity (Wildman–Crippen MR) is 118 cm³/mol. The molecule has 4 rings (SSSR count). The van der Waals surface area contributed by atoms with Crippen LogP contribution >= 0.6 is 0 Å². The fourth-order valence-corrected chi connectivity index (χ4v) is 4.13. The van der Waals surface area contributed by atoms with E-state index in [1.165, 1.54) is 0 Å². The molecule has 0 aromatic heterocycles. The highest BCUT2D eigenvalue weighted by Gasteiger charge is 2.32. The number of rotatable bonds is 6. The van der Waals surface area contributed by atoms with Gasteiger partial charge >= 0.3 is 16.2 Å². The monoisotopic (exact) mass is 449 g/mol. The van der Waals surface area contributed by atoms with Crippen molar-refractivity contribution in [2.45, 2.75) is 18.6 Å². The van der Waals surface area contributed by atoms with Crippen molar-refractivity contribution in [3.05, 3.63) is 83.9 Å². The highest BCUT2D eigenvalue weighted by atomic mass is 32.2. The summed E-state index contributed by atoms with van der Waals surface area (Å²) in [6, 6.07) is 20.9. The molecule has 1 aliphatic rings. The lowest BCUT2D eigenvalue weighted by molar-refractivity contribution is -0.138. The van der Waals surface area contributed by atoms with Crippen LogP contribution in [0.15, 0.2) is 83.1 Å². The van der Waals surface area contributed by atoms with Gasteiger partial charge in [0.05, 0.1) is 0 Å². The van der Waals surface area contributed by atoms with Crippen molar-refractivity contribution in [2.75, 3.05) is 0 Å². The molecule has 10 heteroatoms. The van der Waals surface area contributed by atoms with Crippen LogP contribution in [-0.2, 0) is 21.4 Å². The summed E-state index contributed by atoms with van der Waals surface area (Å²) in [5, 5.41) is 18.9. The molecule has 0 amide bonds. The van der Waals surface area contributed by atoms with Gasteiger partial charge in [-0.3, -0.25) is 4.79 Å². The van der Waals surface area contributed by atoms with Crippen molar-refractivity contribution in [1.82, 2.24) is 14.7 Å². The van der Waals surface area contributed by atoms with Crippen LogP contribution < -0.4 is 10.1 Å². The van der Waals surface area contributed by atoms with Crippen LogP contribution in [-0.4, -0.2) is 36.2 Å². The number of carbonyl (C=O) groups is 1. The summed E-state index contributed by atoms with van der Waals surface area (Å²) in [5.41, 5.74) is 3.95. The van der Waals surface area contributed by atoms with Crippen molar-refractivity contribution in [3.63, 3.8) is 0 Å². The Hall–Kier alpha value is -3.78. The van der Waals surface area contributed by atoms with E-state index in [9.17, 15) is 18.3 Å². The van der Waals surface area contributed by atoms with Gasteiger partial charge in [0.15, 0.2) is 0 Å². The van der Waals surface area contributed by atoms with E-state index >= 15 is 0 Å². The third-order valence-corrected chi connectivity index (χ3v) is 5.90. The fourth-order valence-electron chi connectivity index (χ4n) is 3.11. The highest BCUT2D eigenvalue weighted by molar-refractivity contribution is 7.87. The lowest BCUT2D eigenvalue weighted by atomic mass is 10.1. The number of carboxylic acid groups (broad SMARTS) is 1. The average Bonchev–Trinajstić information content (AvgIpc) is 3.28. The van der Waals surface area contributed by atoms with Crippen molar-refractivity contribution in [2.24, 2.45) is 10.3 Å². The molecule has 2 unspecified atom stereocenters. The number of aliphatic carboxylic acids is 1. The summed E-state index contributed by atoms with van der Waals surface area (Å²) in [6.45, 7) is 0. The second-order valence-corrected chi connectivity index (χ2v) is 8.55. The number of hydrogen-bond acceptors (Lipinski definition) is 6. The Balaban J connectivity index is 1.42. The third kappa shape index (κ3) is 5.09. The summed E-state index contributed by atoms with van der Waals surface area (Å²) >= 11 is 0. The zero-order valence-electron chi connectivity index (χ0n) is 16.7. The summed E-state index contributed by atoms with van der Waals surface area (Å²) in [7, 11) is -4.31. The molecule has 3 aromatic rings. The predicted octanol–water partition coefficient (Wildman–Crippen LogP) is 2.24. The van der Waals surface area contributed by atoms with Gasteiger partial charge in [-0.1, -0.05) is 77.0 Å². The normalized spacial score (nSPS) is 16.5. The van der Waals surface area contributed by atoms with E-state index in [0.717, 1.165) is 16.3 Å². The molecule has 162 valence electrons. The molecule has 2 atom stereocenters. The summed E-state index contributed by atoms with van der Waals surface area (Å²) < 4.78 is 27.8. The second-order valence-electron chi connectivity index (χ2n) is 7.01. The van der Waals surface area contributed by atoms with E-state index in [0.29, 0.717) is 10.1 Å². The maximum Gasteiger partial charge on any atom is 0.332 e.